The molecule has 21 heavy (non-hydrogen) atoms. The first-order valence-corrected chi connectivity index (χ1v) is 7.26. The zero-order chi connectivity index (χ0) is 15.6. The fraction of sp³-hybridized carbons (Fsp3) is 0.400. The minimum atomic E-state index is -0.624. The summed E-state index contributed by atoms with van der Waals surface area (Å²) < 4.78 is 0. The summed E-state index contributed by atoms with van der Waals surface area (Å²) in [6, 6.07) is 3.14. The smallest absolute Gasteiger partial charge is 0.234 e. The Bertz CT molecular complexity index is 598. The second-order valence-corrected chi connectivity index (χ2v) is 5.91. The summed E-state index contributed by atoms with van der Waals surface area (Å²) in [6.45, 7) is 0.321. The van der Waals surface area contributed by atoms with Crippen LogP contribution in [0.5, 0.6) is 0 Å². The van der Waals surface area contributed by atoms with Gasteiger partial charge in [0.25, 0.3) is 0 Å². The Kier molecular flexibility index (Phi) is 5.13. The van der Waals surface area contributed by atoms with E-state index in [1.54, 1.807) is 24.1 Å². The molecule has 0 radical (unpaired) electrons. The number of likely N-dealkylation sites (N-methyl/N-ethyl adjacent to an activating group) is 1. The standard InChI is InChI=1S/C15H16Cl2N2O2/c1-3-4-18-14(21)8-19(2)15-11-5-9(16)6-12(17)10(11)7-13(15)20/h1,5-6,13,15,20H,4,7-8H2,2H3,(H,18,21)/t13-,15+/m0/s1. The van der Waals surface area contributed by atoms with Gasteiger partial charge in [-0.2, -0.15) is 0 Å². The average Bonchev–Trinajstić information content (AvgIpc) is 2.73. The number of benzene rings is 1. The highest BCUT2D eigenvalue weighted by atomic mass is 35.5. The lowest BCUT2D eigenvalue weighted by Gasteiger charge is -2.27. The third-order valence-corrected chi connectivity index (χ3v) is 4.10. The molecule has 4 nitrogen and oxygen atoms in total. The molecule has 0 aliphatic heterocycles. The van der Waals surface area contributed by atoms with Crippen molar-refractivity contribution < 1.29 is 9.90 Å². The van der Waals surface area contributed by atoms with E-state index >= 15 is 0 Å². The number of hydrogen-bond donors (Lipinski definition) is 2. The van der Waals surface area contributed by atoms with Crippen LogP contribution in [0.3, 0.4) is 0 Å². The van der Waals surface area contributed by atoms with Crippen molar-refractivity contribution in [2.45, 2.75) is 18.6 Å². The zero-order valence-corrected chi connectivity index (χ0v) is 13.1. The van der Waals surface area contributed by atoms with Gasteiger partial charge in [0.15, 0.2) is 0 Å². The van der Waals surface area contributed by atoms with Crippen molar-refractivity contribution >= 4 is 29.1 Å². The Morgan fingerprint density at radius 2 is 2.29 bits per heavy atom. The van der Waals surface area contributed by atoms with Crippen LogP contribution < -0.4 is 5.32 Å². The van der Waals surface area contributed by atoms with Crippen LogP contribution in [0.4, 0.5) is 0 Å². The van der Waals surface area contributed by atoms with Gasteiger partial charge < -0.3 is 10.4 Å². The number of rotatable bonds is 4. The molecule has 2 N–H and O–H groups in total. The molecule has 1 aliphatic rings. The van der Waals surface area contributed by atoms with E-state index < -0.39 is 6.10 Å². The molecule has 1 aromatic rings. The van der Waals surface area contributed by atoms with Gasteiger partial charge in [0.1, 0.15) is 0 Å². The second kappa shape index (κ2) is 6.67. The predicted octanol–water partition coefficient (Wildman–Crippen LogP) is 1.63. The van der Waals surface area contributed by atoms with Crippen molar-refractivity contribution in [3.8, 4) is 12.3 Å². The molecular weight excluding hydrogens is 311 g/mol. The number of fused-ring (bicyclic) bond motifs is 1. The van der Waals surface area contributed by atoms with E-state index in [1.165, 1.54) is 0 Å². The van der Waals surface area contributed by atoms with Crippen LogP contribution in [0.15, 0.2) is 12.1 Å². The summed E-state index contributed by atoms with van der Waals surface area (Å²) in [5.41, 5.74) is 1.75. The quantitative estimate of drug-likeness (QED) is 0.827. The average molecular weight is 327 g/mol. The molecule has 1 aliphatic carbocycles. The number of aliphatic hydroxyl groups is 1. The van der Waals surface area contributed by atoms with E-state index in [0.29, 0.717) is 16.5 Å². The SMILES string of the molecule is C#CCNC(=O)CN(C)[C@@H]1c2cc(Cl)cc(Cl)c2C[C@@H]1O. The van der Waals surface area contributed by atoms with Gasteiger partial charge in [0, 0.05) is 16.5 Å². The van der Waals surface area contributed by atoms with Crippen LogP contribution in [-0.4, -0.2) is 42.2 Å². The second-order valence-electron chi connectivity index (χ2n) is 5.07. The number of nitrogens with one attached hydrogen (secondary N) is 1. The molecule has 0 spiro atoms. The molecule has 0 saturated heterocycles. The van der Waals surface area contributed by atoms with Crippen LogP contribution in [0.25, 0.3) is 0 Å². The summed E-state index contributed by atoms with van der Waals surface area (Å²) in [4.78, 5) is 13.5. The van der Waals surface area contributed by atoms with Crippen molar-refractivity contribution in [3.63, 3.8) is 0 Å². The molecule has 112 valence electrons. The largest absolute Gasteiger partial charge is 0.391 e. The highest BCUT2D eigenvalue weighted by molar-refractivity contribution is 6.35. The van der Waals surface area contributed by atoms with Gasteiger partial charge in [-0.15, -0.1) is 6.42 Å². The van der Waals surface area contributed by atoms with Gasteiger partial charge in [-0.25, -0.2) is 0 Å². The highest BCUT2D eigenvalue weighted by Gasteiger charge is 2.36. The van der Waals surface area contributed by atoms with E-state index in [1.807, 2.05) is 0 Å². The number of carbonyl (C=O) groups is 1. The molecular formula is C15H16Cl2N2O2. The third-order valence-electron chi connectivity index (χ3n) is 3.55. The number of aliphatic hydroxyl groups excluding tert-OH is 1. The molecule has 0 bridgehead atoms. The number of halogens is 2. The topological polar surface area (TPSA) is 52.6 Å². The fourth-order valence-electron chi connectivity index (χ4n) is 2.69. The predicted molar refractivity (Wildman–Crippen MR) is 83.4 cm³/mol. The number of carbonyl (C=O) groups excluding carboxylic acids is 1. The Labute approximate surface area is 134 Å². The lowest BCUT2D eigenvalue weighted by atomic mass is 10.1. The molecule has 0 heterocycles. The summed E-state index contributed by atoms with van der Waals surface area (Å²) in [7, 11) is 1.77. The van der Waals surface area contributed by atoms with Crippen LogP contribution >= 0.6 is 23.2 Å². The lowest BCUT2D eigenvalue weighted by molar-refractivity contribution is -0.122. The van der Waals surface area contributed by atoms with Gasteiger partial charge in [0.05, 0.1) is 25.2 Å². The molecule has 1 amide bonds. The Hall–Kier alpha value is -1.25. The summed E-state index contributed by atoms with van der Waals surface area (Å²) in [6.07, 6.45) is 4.93. The van der Waals surface area contributed by atoms with E-state index in [9.17, 15) is 9.90 Å². The number of hydrogen-bond acceptors (Lipinski definition) is 3. The monoisotopic (exact) mass is 326 g/mol. The normalized spacial score (nSPS) is 20.2. The first kappa shape index (κ1) is 16.1. The molecule has 0 unspecified atom stereocenters. The van der Waals surface area contributed by atoms with Crippen LogP contribution in [0.1, 0.15) is 17.2 Å². The maximum absolute atomic E-state index is 11.7. The minimum absolute atomic E-state index is 0.132. The lowest BCUT2D eigenvalue weighted by Crippen LogP contribution is -2.39. The van der Waals surface area contributed by atoms with Gasteiger partial charge >= 0.3 is 0 Å². The van der Waals surface area contributed by atoms with Crippen molar-refractivity contribution in [2.75, 3.05) is 20.1 Å². The molecule has 0 saturated carbocycles. The molecule has 2 atom stereocenters. The van der Waals surface area contributed by atoms with Gasteiger partial charge in [-0.3, -0.25) is 9.69 Å². The van der Waals surface area contributed by atoms with E-state index in [-0.39, 0.29) is 25.0 Å². The Morgan fingerprint density at radius 3 is 2.95 bits per heavy atom. The molecule has 0 aromatic heterocycles. The molecule has 1 aromatic carbocycles. The summed E-state index contributed by atoms with van der Waals surface area (Å²) in [5.74, 6) is 2.16. The summed E-state index contributed by atoms with van der Waals surface area (Å²) in [5, 5.41) is 13.9. The van der Waals surface area contributed by atoms with Crippen molar-refractivity contribution in [3.05, 3.63) is 33.3 Å². The van der Waals surface area contributed by atoms with Gasteiger partial charge in [-0.05, 0) is 30.3 Å². The van der Waals surface area contributed by atoms with Crippen LogP contribution in [0.2, 0.25) is 10.0 Å². The number of amides is 1. The Balaban J connectivity index is 2.18. The van der Waals surface area contributed by atoms with E-state index in [0.717, 1.165) is 11.1 Å². The maximum atomic E-state index is 11.7. The Morgan fingerprint density at radius 1 is 1.57 bits per heavy atom. The molecule has 2 rings (SSSR count). The maximum Gasteiger partial charge on any atom is 0.234 e. The number of nitrogens with zero attached hydrogens (tertiary/aromatic N) is 1. The third kappa shape index (κ3) is 3.50. The van der Waals surface area contributed by atoms with E-state index in [2.05, 4.69) is 11.2 Å². The van der Waals surface area contributed by atoms with Crippen LogP contribution in [0, 0.1) is 12.3 Å². The first-order valence-electron chi connectivity index (χ1n) is 6.50. The van der Waals surface area contributed by atoms with Crippen molar-refractivity contribution in [1.29, 1.82) is 0 Å². The van der Waals surface area contributed by atoms with E-state index in [4.69, 9.17) is 29.6 Å². The first-order chi connectivity index (χ1) is 9.93. The minimum Gasteiger partial charge on any atom is -0.391 e. The van der Waals surface area contributed by atoms with Crippen molar-refractivity contribution in [2.24, 2.45) is 0 Å². The molecule has 0 fully saturated rings. The van der Waals surface area contributed by atoms with Crippen LogP contribution in [-0.2, 0) is 11.2 Å². The van der Waals surface area contributed by atoms with Gasteiger partial charge in [-0.1, -0.05) is 29.1 Å². The number of terminal acetylenes is 1. The zero-order valence-electron chi connectivity index (χ0n) is 11.6. The summed E-state index contributed by atoms with van der Waals surface area (Å²) >= 11 is 12.2. The van der Waals surface area contributed by atoms with Gasteiger partial charge in [0.2, 0.25) is 5.91 Å². The van der Waals surface area contributed by atoms with Crippen molar-refractivity contribution in [1.82, 2.24) is 10.2 Å². The fourth-order valence-corrected chi connectivity index (χ4v) is 3.28. The highest BCUT2D eigenvalue weighted by Crippen LogP contribution is 2.40. The molecule has 6 heteroatoms.